The molecular weight excluding hydrogens is 243 g/mol. The molecule has 0 fully saturated rings. The Labute approximate surface area is 98.0 Å². The van der Waals surface area contributed by atoms with Crippen molar-refractivity contribution in [2.45, 2.75) is 19.1 Å². The first-order chi connectivity index (χ1) is 7.13. The third-order valence-corrected chi connectivity index (χ3v) is 1.93. The van der Waals surface area contributed by atoms with E-state index in [9.17, 15) is 13.2 Å². The van der Waals surface area contributed by atoms with Crippen LogP contribution in [0.5, 0.6) is 5.75 Å². The first-order valence-electron chi connectivity index (χ1n) is 4.50. The van der Waals surface area contributed by atoms with Crippen LogP contribution in [-0.4, -0.2) is 13.3 Å². The lowest BCUT2D eigenvalue weighted by Crippen LogP contribution is -2.11. The van der Waals surface area contributed by atoms with Gasteiger partial charge in [0.05, 0.1) is 6.67 Å². The number of hydrogen-bond acceptors (Lipinski definition) is 2. The summed E-state index contributed by atoms with van der Waals surface area (Å²) in [5.74, 6) is 0.0387. The molecule has 0 aromatic heterocycles. The van der Waals surface area contributed by atoms with Gasteiger partial charge in [-0.1, -0.05) is 12.1 Å². The second-order valence-electron chi connectivity index (χ2n) is 3.04. The van der Waals surface area contributed by atoms with Crippen molar-refractivity contribution in [1.29, 1.82) is 0 Å². The van der Waals surface area contributed by atoms with Crippen molar-refractivity contribution >= 4 is 12.4 Å². The number of ether oxygens (including phenoxy) is 1. The van der Waals surface area contributed by atoms with Crippen LogP contribution in [0.4, 0.5) is 13.2 Å². The lowest BCUT2D eigenvalue weighted by molar-refractivity contribution is -0.0499. The van der Waals surface area contributed by atoms with E-state index in [1.165, 1.54) is 12.1 Å². The fraction of sp³-hybridized carbons (Fsp3) is 0.400. The normalized spacial score (nSPS) is 12.1. The first-order valence-corrected chi connectivity index (χ1v) is 4.50. The summed E-state index contributed by atoms with van der Waals surface area (Å²) in [6, 6.07) is 5.50. The molecule has 0 aliphatic carbocycles. The maximum absolute atomic E-state index is 12.0. The summed E-state index contributed by atoms with van der Waals surface area (Å²) in [5, 5.41) is 0. The molecule has 0 bridgehead atoms. The Bertz CT molecular complexity index is 312. The minimum Gasteiger partial charge on any atom is -0.435 e. The minimum absolute atomic E-state index is 0. The summed E-state index contributed by atoms with van der Waals surface area (Å²) >= 11 is 0. The third kappa shape index (κ3) is 4.72. The molecular formula is C10H13ClF3NO. The molecule has 1 rings (SSSR count). The SMILES string of the molecule is Cl.N[C@H](CCF)c1cccc(OC(F)F)c1. The van der Waals surface area contributed by atoms with Gasteiger partial charge in [-0.3, -0.25) is 4.39 Å². The van der Waals surface area contributed by atoms with Gasteiger partial charge in [-0.2, -0.15) is 8.78 Å². The van der Waals surface area contributed by atoms with E-state index in [1.807, 2.05) is 0 Å². The van der Waals surface area contributed by atoms with E-state index in [4.69, 9.17) is 5.73 Å². The fourth-order valence-electron chi connectivity index (χ4n) is 1.21. The predicted molar refractivity (Wildman–Crippen MR) is 57.8 cm³/mol. The lowest BCUT2D eigenvalue weighted by atomic mass is 10.1. The third-order valence-electron chi connectivity index (χ3n) is 1.93. The van der Waals surface area contributed by atoms with Crippen molar-refractivity contribution in [2.24, 2.45) is 5.73 Å². The van der Waals surface area contributed by atoms with E-state index >= 15 is 0 Å². The second kappa shape index (κ2) is 7.35. The Morgan fingerprint density at radius 3 is 2.56 bits per heavy atom. The highest BCUT2D eigenvalue weighted by Gasteiger charge is 2.09. The summed E-state index contributed by atoms with van der Waals surface area (Å²) in [4.78, 5) is 0. The van der Waals surface area contributed by atoms with Crippen molar-refractivity contribution in [3.05, 3.63) is 29.8 Å². The molecule has 0 radical (unpaired) electrons. The molecule has 92 valence electrons. The van der Waals surface area contributed by atoms with Crippen molar-refractivity contribution in [3.8, 4) is 5.75 Å². The standard InChI is InChI=1S/C10H12F3NO.ClH/c11-5-4-9(14)7-2-1-3-8(6-7)15-10(12)13;/h1-3,6,9-10H,4-5,14H2;1H/t9-;/m1./s1. The van der Waals surface area contributed by atoms with Crippen LogP contribution in [0.2, 0.25) is 0 Å². The van der Waals surface area contributed by atoms with E-state index in [0.29, 0.717) is 5.56 Å². The molecule has 1 aromatic carbocycles. The van der Waals surface area contributed by atoms with Crippen LogP contribution in [0.1, 0.15) is 18.0 Å². The molecule has 0 saturated carbocycles. The number of rotatable bonds is 5. The second-order valence-corrected chi connectivity index (χ2v) is 3.04. The van der Waals surface area contributed by atoms with E-state index < -0.39 is 19.3 Å². The molecule has 0 spiro atoms. The van der Waals surface area contributed by atoms with Gasteiger partial charge in [0.2, 0.25) is 0 Å². The van der Waals surface area contributed by atoms with Crippen LogP contribution in [0.3, 0.4) is 0 Å². The quantitative estimate of drug-likeness (QED) is 0.878. The fourth-order valence-corrected chi connectivity index (χ4v) is 1.21. The highest BCUT2D eigenvalue weighted by Crippen LogP contribution is 2.21. The maximum Gasteiger partial charge on any atom is 0.387 e. The Kier molecular flexibility index (Phi) is 6.92. The molecule has 0 heterocycles. The van der Waals surface area contributed by atoms with Gasteiger partial charge in [0.15, 0.2) is 0 Å². The number of benzene rings is 1. The highest BCUT2D eigenvalue weighted by atomic mass is 35.5. The highest BCUT2D eigenvalue weighted by molar-refractivity contribution is 5.85. The van der Waals surface area contributed by atoms with Gasteiger partial charge in [0, 0.05) is 6.04 Å². The smallest absolute Gasteiger partial charge is 0.387 e. The van der Waals surface area contributed by atoms with Gasteiger partial charge in [0.25, 0.3) is 0 Å². The zero-order valence-corrected chi connectivity index (χ0v) is 9.22. The lowest BCUT2D eigenvalue weighted by Gasteiger charge is -2.11. The van der Waals surface area contributed by atoms with Gasteiger partial charge in [0.1, 0.15) is 5.75 Å². The van der Waals surface area contributed by atoms with Gasteiger partial charge in [-0.15, -0.1) is 12.4 Å². The Morgan fingerprint density at radius 2 is 2.00 bits per heavy atom. The Morgan fingerprint density at radius 1 is 1.31 bits per heavy atom. The van der Waals surface area contributed by atoms with E-state index in [0.717, 1.165) is 0 Å². The molecule has 2 nitrogen and oxygen atoms in total. The predicted octanol–water partition coefficient (Wildman–Crippen LogP) is 3.07. The topological polar surface area (TPSA) is 35.2 Å². The molecule has 2 N–H and O–H groups in total. The molecule has 0 amide bonds. The molecule has 16 heavy (non-hydrogen) atoms. The van der Waals surface area contributed by atoms with Crippen LogP contribution in [-0.2, 0) is 0 Å². The first kappa shape index (κ1) is 15.1. The van der Waals surface area contributed by atoms with Crippen molar-refractivity contribution < 1.29 is 17.9 Å². The summed E-state index contributed by atoms with van der Waals surface area (Å²) in [6.45, 7) is -3.40. The molecule has 0 saturated heterocycles. The van der Waals surface area contributed by atoms with Gasteiger partial charge in [-0.05, 0) is 24.1 Å². The number of halogens is 4. The largest absolute Gasteiger partial charge is 0.435 e. The molecule has 0 aliphatic rings. The summed E-state index contributed by atoms with van der Waals surface area (Å²) in [5.41, 5.74) is 6.21. The monoisotopic (exact) mass is 255 g/mol. The maximum atomic E-state index is 12.0. The van der Waals surface area contributed by atoms with Crippen LogP contribution in [0.15, 0.2) is 24.3 Å². The average Bonchev–Trinajstić information content (AvgIpc) is 2.17. The summed E-state index contributed by atoms with van der Waals surface area (Å²) in [6.07, 6.45) is 0.165. The zero-order chi connectivity index (χ0) is 11.3. The van der Waals surface area contributed by atoms with Crippen LogP contribution in [0.25, 0.3) is 0 Å². The molecule has 1 atom stereocenters. The van der Waals surface area contributed by atoms with E-state index in [-0.39, 0.29) is 24.6 Å². The molecule has 6 heteroatoms. The Balaban J connectivity index is 0.00000225. The van der Waals surface area contributed by atoms with Crippen LogP contribution >= 0.6 is 12.4 Å². The van der Waals surface area contributed by atoms with Crippen LogP contribution < -0.4 is 10.5 Å². The average molecular weight is 256 g/mol. The van der Waals surface area contributed by atoms with Gasteiger partial charge in [-0.25, -0.2) is 0 Å². The summed E-state index contributed by atoms with van der Waals surface area (Å²) < 4.78 is 40.0. The Hall–Kier alpha value is -0.940. The zero-order valence-electron chi connectivity index (χ0n) is 8.41. The van der Waals surface area contributed by atoms with Gasteiger partial charge < -0.3 is 10.5 Å². The van der Waals surface area contributed by atoms with E-state index in [2.05, 4.69) is 4.74 Å². The number of alkyl halides is 3. The van der Waals surface area contributed by atoms with Crippen LogP contribution in [0, 0.1) is 0 Å². The molecule has 0 aliphatic heterocycles. The van der Waals surface area contributed by atoms with Crippen molar-refractivity contribution in [3.63, 3.8) is 0 Å². The molecule has 0 unspecified atom stereocenters. The summed E-state index contributed by atoms with van der Waals surface area (Å²) in [7, 11) is 0. The minimum atomic E-state index is -2.86. The molecule has 1 aromatic rings. The van der Waals surface area contributed by atoms with Crippen molar-refractivity contribution in [2.75, 3.05) is 6.67 Å². The van der Waals surface area contributed by atoms with Crippen molar-refractivity contribution in [1.82, 2.24) is 0 Å². The number of hydrogen-bond donors (Lipinski definition) is 1. The van der Waals surface area contributed by atoms with E-state index in [1.54, 1.807) is 12.1 Å². The number of nitrogens with two attached hydrogens (primary N) is 1. The van der Waals surface area contributed by atoms with Gasteiger partial charge >= 0.3 is 6.61 Å².